The zero-order valence-corrected chi connectivity index (χ0v) is 9.96. The van der Waals surface area contributed by atoms with Crippen LogP contribution in [0.25, 0.3) is 12.2 Å². The predicted octanol–water partition coefficient (Wildman–Crippen LogP) is 2.81. The second-order valence-corrected chi connectivity index (χ2v) is 3.36. The number of nitro benzene ring substituents is 1. The molecule has 0 fully saturated rings. The van der Waals surface area contributed by atoms with Gasteiger partial charge in [0.1, 0.15) is 0 Å². The van der Waals surface area contributed by atoms with Crippen LogP contribution in [0.2, 0.25) is 0 Å². The monoisotopic (exact) mass is 247 g/mol. The van der Waals surface area contributed by atoms with Crippen LogP contribution in [0.5, 0.6) is 0 Å². The van der Waals surface area contributed by atoms with Gasteiger partial charge in [0.15, 0.2) is 0 Å². The van der Waals surface area contributed by atoms with Crippen molar-refractivity contribution in [3.8, 4) is 0 Å². The molecule has 0 amide bonds. The van der Waals surface area contributed by atoms with E-state index in [9.17, 15) is 14.9 Å². The standard InChI is InChI=1S/C13H13NO4/c1-3-11-7-5-10(9-12(11)14(16)17)6-8-13(15)18-4-2/h3,5-9H,1,4H2,2H3/b8-6+. The first kappa shape index (κ1) is 13.6. The number of hydrogen-bond acceptors (Lipinski definition) is 4. The number of carbonyl (C=O) groups excluding carboxylic acids is 1. The molecule has 0 spiro atoms. The Kier molecular flexibility index (Phi) is 4.80. The summed E-state index contributed by atoms with van der Waals surface area (Å²) in [6.07, 6.45) is 4.12. The fourth-order valence-electron chi connectivity index (χ4n) is 1.35. The van der Waals surface area contributed by atoms with Crippen molar-refractivity contribution in [2.75, 3.05) is 6.61 Å². The SMILES string of the molecule is C=Cc1ccc(/C=C/C(=O)OCC)cc1[N+](=O)[O-]. The Bertz CT molecular complexity index is 506. The third kappa shape index (κ3) is 3.55. The molecule has 0 saturated heterocycles. The molecule has 5 nitrogen and oxygen atoms in total. The third-order valence-electron chi connectivity index (χ3n) is 2.17. The normalized spacial score (nSPS) is 10.3. The van der Waals surface area contributed by atoms with Gasteiger partial charge in [0.2, 0.25) is 0 Å². The third-order valence-corrected chi connectivity index (χ3v) is 2.17. The lowest BCUT2D eigenvalue weighted by Gasteiger charge is -1.99. The number of hydrogen-bond donors (Lipinski definition) is 0. The first-order chi connectivity index (χ1) is 8.58. The van der Waals surface area contributed by atoms with E-state index in [-0.39, 0.29) is 5.69 Å². The maximum absolute atomic E-state index is 11.1. The van der Waals surface area contributed by atoms with Gasteiger partial charge in [0.05, 0.1) is 17.1 Å². The highest BCUT2D eigenvalue weighted by Gasteiger charge is 2.11. The summed E-state index contributed by atoms with van der Waals surface area (Å²) in [5, 5.41) is 10.8. The van der Waals surface area contributed by atoms with E-state index in [0.29, 0.717) is 17.7 Å². The van der Waals surface area contributed by atoms with Gasteiger partial charge in [-0.05, 0) is 24.6 Å². The first-order valence-corrected chi connectivity index (χ1v) is 5.34. The number of rotatable bonds is 5. The molecular formula is C13H13NO4. The minimum atomic E-state index is -0.487. The van der Waals surface area contributed by atoms with Crippen molar-refractivity contribution in [3.63, 3.8) is 0 Å². The molecule has 1 aromatic rings. The molecule has 18 heavy (non-hydrogen) atoms. The van der Waals surface area contributed by atoms with Crippen LogP contribution in [0, 0.1) is 10.1 Å². The van der Waals surface area contributed by atoms with E-state index >= 15 is 0 Å². The molecule has 0 bridgehead atoms. The van der Waals surface area contributed by atoms with E-state index in [2.05, 4.69) is 6.58 Å². The minimum Gasteiger partial charge on any atom is -0.463 e. The van der Waals surface area contributed by atoms with Crippen molar-refractivity contribution in [2.45, 2.75) is 6.92 Å². The highest BCUT2D eigenvalue weighted by atomic mass is 16.6. The molecule has 0 saturated carbocycles. The molecule has 0 aliphatic heterocycles. The molecule has 0 aliphatic carbocycles. The Morgan fingerprint density at radius 2 is 2.28 bits per heavy atom. The fraction of sp³-hybridized carbons (Fsp3) is 0.154. The lowest BCUT2D eigenvalue weighted by molar-refractivity contribution is -0.385. The molecule has 1 rings (SSSR count). The Balaban J connectivity index is 2.98. The van der Waals surface area contributed by atoms with Crippen LogP contribution < -0.4 is 0 Å². The smallest absolute Gasteiger partial charge is 0.330 e. The Morgan fingerprint density at radius 3 is 2.83 bits per heavy atom. The number of carbonyl (C=O) groups is 1. The minimum absolute atomic E-state index is 0.0454. The molecule has 0 unspecified atom stereocenters. The molecule has 0 aliphatic rings. The molecule has 0 atom stereocenters. The van der Waals surface area contributed by atoms with E-state index in [1.165, 1.54) is 24.3 Å². The summed E-state index contributed by atoms with van der Waals surface area (Å²) >= 11 is 0. The molecule has 94 valence electrons. The quantitative estimate of drug-likeness (QED) is 0.347. The van der Waals surface area contributed by atoms with Crippen molar-refractivity contribution >= 4 is 23.8 Å². The molecule has 0 heterocycles. The van der Waals surface area contributed by atoms with E-state index in [4.69, 9.17) is 4.74 Å². The van der Waals surface area contributed by atoms with Crippen LogP contribution in [0.3, 0.4) is 0 Å². The van der Waals surface area contributed by atoms with Crippen LogP contribution in [0.15, 0.2) is 30.9 Å². The highest BCUT2D eigenvalue weighted by Crippen LogP contribution is 2.21. The van der Waals surface area contributed by atoms with E-state index in [1.807, 2.05) is 0 Å². The lowest BCUT2D eigenvalue weighted by atomic mass is 10.1. The maximum atomic E-state index is 11.1. The molecule has 1 aromatic carbocycles. The van der Waals surface area contributed by atoms with Gasteiger partial charge >= 0.3 is 5.97 Å². The molecule has 0 N–H and O–H groups in total. The zero-order chi connectivity index (χ0) is 13.5. The first-order valence-electron chi connectivity index (χ1n) is 5.34. The van der Waals surface area contributed by atoms with Crippen molar-refractivity contribution < 1.29 is 14.5 Å². The Labute approximate surface area is 105 Å². The second-order valence-electron chi connectivity index (χ2n) is 3.36. The van der Waals surface area contributed by atoms with E-state index in [0.717, 1.165) is 0 Å². The largest absolute Gasteiger partial charge is 0.463 e. The summed E-state index contributed by atoms with van der Waals surface area (Å²) < 4.78 is 4.71. The topological polar surface area (TPSA) is 69.4 Å². The van der Waals surface area contributed by atoms with Crippen molar-refractivity contribution in [1.29, 1.82) is 0 Å². The summed E-state index contributed by atoms with van der Waals surface area (Å²) in [5.74, 6) is -0.479. The van der Waals surface area contributed by atoms with Crippen LogP contribution >= 0.6 is 0 Å². The number of benzene rings is 1. The fourth-order valence-corrected chi connectivity index (χ4v) is 1.35. The zero-order valence-electron chi connectivity index (χ0n) is 9.96. The van der Waals surface area contributed by atoms with E-state index < -0.39 is 10.9 Å². The van der Waals surface area contributed by atoms with Gasteiger partial charge in [-0.15, -0.1) is 0 Å². The van der Waals surface area contributed by atoms with E-state index in [1.54, 1.807) is 19.1 Å². The predicted molar refractivity (Wildman–Crippen MR) is 68.9 cm³/mol. The average Bonchev–Trinajstić information content (AvgIpc) is 2.36. The van der Waals surface area contributed by atoms with Gasteiger partial charge in [-0.2, -0.15) is 0 Å². The summed E-state index contributed by atoms with van der Waals surface area (Å²) in [4.78, 5) is 21.4. The van der Waals surface area contributed by atoms with Crippen LogP contribution in [0.1, 0.15) is 18.1 Å². The number of nitrogens with zero attached hydrogens (tertiary/aromatic N) is 1. The second kappa shape index (κ2) is 6.34. The summed E-state index contributed by atoms with van der Waals surface area (Å²) in [6, 6.07) is 4.63. The molecule has 0 radical (unpaired) electrons. The van der Waals surface area contributed by atoms with Gasteiger partial charge in [0, 0.05) is 12.1 Å². The van der Waals surface area contributed by atoms with Gasteiger partial charge in [-0.25, -0.2) is 4.79 Å². The Hall–Kier alpha value is -2.43. The van der Waals surface area contributed by atoms with Crippen LogP contribution in [-0.4, -0.2) is 17.5 Å². The van der Waals surface area contributed by atoms with Crippen LogP contribution in [0.4, 0.5) is 5.69 Å². The number of ether oxygens (including phenoxy) is 1. The average molecular weight is 247 g/mol. The Morgan fingerprint density at radius 1 is 1.56 bits per heavy atom. The molecule has 0 aromatic heterocycles. The molecular weight excluding hydrogens is 234 g/mol. The summed E-state index contributed by atoms with van der Waals surface area (Å²) in [7, 11) is 0. The van der Waals surface area contributed by atoms with Gasteiger partial charge < -0.3 is 4.74 Å². The summed E-state index contributed by atoms with van der Waals surface area (Å²) in [6.45, 7) is 5.50. The highest BCUT2D eigenvalue weighted by molar-refractivity contribution is 5.87. The van der Waals surface area contributed by atoms with Crippen molar-refractivity contribution in [3.05, 3.63) is 52.1 Å². The van der Waals surface area contributed by atoms with Crippen molar-refractivity contribution in [1.82, 2.24) is 0 Å². The van der Waals surface area contributed by atoms with Crippen LogP contribution in [-0.2, 0) is 9.53 Å². The maximum Gasteiger partial charge on any atom is 0.330 e. The molecule has 5 heteroatoms. The number of nitro groups is 1. The van der Waals surface area contributed by atoms with Gasteiger partial charge in [-0.3, -0.25) is 10.1 Å². The van der Waals surface area contributed by atoms with Gasteiger partial charge in [-0.1, -0.05) is 18.7 Å². The van der Waals surface area contributed by atoms with Gasteiger partial charge in [0.25, 0.3) is 5.69 Å². The summed E-state index contributed by atoms with van der Waals surface area (Å²) in [5.41, 5.74) is 0.949. The van der Waals surface area contributed by atoms with Crippen molar-refractivity contribution in [2.24, 2.45) is 0 Å². The number of esters is 1. The lowest BCUT2D eigenvalue weighted by Crippen LogP contribution is -1.98.